The van der Waals surface area contributed by atoms with E-state index in [0.29, 0.717) is 6.04 Å². The topological polar surface area (TPSA) is 21.3 Å². The van der Waals surface area contributed by atoms with Gasteiger partial charge in [0, 0.05) is 18.4 Å². The fourth-order valence-electron chi connectivity index (χ4n) is 1.66. The van der Waals surface area contributed by atoms with Crippen molar-refractivity contribution in [2.75, 3.05) is 26.0 Å². The molecular formula is C9H19NOS. The van der Waals surface area contributed by atoms with Gasteiger partial charge in [-0.15, -0.1) is 0 Å². The van der Waals surface area contributed by atoms with E-state index < -0.39 is 0 Å². The summed E-state index contributed by atoms with van der Waals surface area (Å²) in [6, 6.07) is 0.562. The molecule has 2 atom stereocenters. The molecule has 1 aliphatic heterocycles. The van der Waals surface area contributed by atoms with Gasteiger partial charge >= 0.3 is 0 Å². The van der Waals surface area contributed by atoms with Crippen molar-refractivity contribution < 1.29 is 4.74 Å². The minimum Gasteiger partial charge on any atom is -0.383 e. The van der Waals surface area contributed by atoms with Crippen molar-refractivity contribution in [1.29, 1.82) is 0 Å². The molecule has 2 nitrogen and oxygen atoms in total. The predicted molar refractivity (Wildman–Crippen MR) is 54.8 cm³/mol. The second kappa shape index (κ2) is 5.84. The minimum absolute atomic E-state index is 0.562. The van der Waals surface area contributed by atoms with Gasteiger partial charge in [0.05, 0.1) is 6.61 Å². The average molecular weight is 189 g/mol. The lowest BCUT2D eigenvalue weighted by molar-refractivity contribution is 0.165. The zero-order valence-corrected chi connectivity index (χ0v) is 8.82. The van der Waals surface area contributed by atoms with Crippen LogP contribution in [0.15, 0.2) is 0 Å². The van der Waals surface area contributed by atoms with Gasteiger partial charge < -0.3 is 10.1 Å². The van der Waals surface area contributed by atoms with Gasteiger partial charge in [-0.2, -0.15) is 11.8 Å². The molecule has 0 aromatic rings. The van der Waals surface area contributed by atoms with E-state index in [2.05, 4.69) is 24.0 Å². The van der Waals surface area contributed by atoms with Crippen LogP contribution in [0.25, 0.3) is 0 Å². The summed E-state index contributed by atoms with van der Waals surface area (Å²) in [6.07, 6.45) is 2.73. The molecular weight excluding hydrogens is 170 g/mol. The lowest BCUT2D eigenvalue weighted by Crippen LogP contribution is -2.40. The van der Waals surface area contributed by atoms with Crippen molar-refractivity contribution in [3.05, 3.63) is 0 Å². The Labute approximate surface area is 79.4 Å². The molecule has 0 spiro atoms. The SMILES string of the molecule is CCNC(COC)C1CCCS1. The first-order chi connectivity index (χ1) is 5.88. The summed E-state index contributed by atoms with van der Waals surface area (Å²) in [5.74, 6) is 1.33. The quantitative estimate of drug-likeness (QED) is 0.708. The molecule has 1 aliphatic rings. The zero-order chi connectivity index (χ0) is 8.81. The highest BCUT2D eigenvalue weighted by atomic mass is 32.2. The second-order valence-corrected chi connectivity index (χ2v) is 4.52. The Bertz CT molecular complexity index is 109. The summed E-state index contributed by atoms with van der Waals surface area (Å²) in [5.41, 5.74) is 0. The van der Waals surface area contributed by atoms with E-state index in [4.69, 9.17) is 4.74 Å². The van der Waals surface area contributed by atoms with Gasteiger partial charge in [0.2, 0.25) is 0 Å². The monoisotopic (exact) mass is 189 g/mol. The summed E-state index contributed by atoms with van der Waals surface area (Å²) in [6.45, 7) is 4.05. The largest absolute Gasteiger partial charge is 0.383 e. The van der Waals surface area contributed by atoms with Gasteiger partial charge in [0.25, 0.3) is 0 Å². The first-order valence-electron chi connectivity index (χ1n) is 4.72. The number of likely N-dealkylation sites (N-methyl/N-ethyl adjacent to an activating group) is 1. The van der Waals surface area contributed by atoms with Crippen molar-refractivity contribution in [2.45, 2.75) is 31.1 Å². The molecule has 0 aromatic carbocycles. The maximum Gasteiger partial charge on any atom is 0.0626 e. The minimum atomic E-state index is 0.562. The van der Waals surface area contributed by atoms with Gasteiger partial charge in [-0.05, 0) is 25.1 Å². The molecule has 0 radical (unpaired) electrons. The van der Waals surface area contributed by atoms with Crippen molar-refractivity contribution >= 4 is 11.8 Å². The third-order valence-corrected chi connectivity index (χ3v) is 3.74. The second-order valence-electron chi connectivity index (χ2n) is 3.17. The highest BCUT2D eigenvalue weighted by molar-refractivity contribution is 8.00. The Morgan fingerprint density at radius 3 is 3.00 bits per heavy atom. The van der Waals surface area contributed by atoms with Crippen molar-refractivity contribution in [3.63, 3.8) is 0 Å². The smallest absolute Gasteiger partial charge is 0.0626 e. The van der Waals surface area contributed by atoms with Crippen molar-refractivity contribution in [2.24, 2.45) is 0 Å². The molecule has 1 heterocycles. The van der Waals surface area contributed by atoms with E-state index in [1.165, 1.54) is 18.6 Å². The maximum atomic E-state index is 5.19. The molecule has 1 rings (SSSR count). The van der Waals surface area contributed by atoms with Gasteiger partial charge in [-0.1, -0.05) is 6.92 Å². The Kier molecular flexibility index (Phi) is 5.04. The van der Waals surface area contributed by atoms with Crippen LogP contribution in [0.5, 0.6) is 0 Å². The Hall–Kier alpha value is 0.270. The van der Waals surface area contributed by atoms with Crippen LogP contribution in [-0.4, -0.2) is 37.3 Å². The molecule has 1 fully saturated rings. The van der Waals surface area contributed by atoms with Crippen LogP contribution in [0.4, 0.5) is 0 Å². The van der Waals surface area contributed by atoms with E-state index in [0.717, 1.165) is 18.4 Å². The number of nitrogens with one attached hydrogen (secondary N) is 1. The molecule has 1 saturated heterocycles. The van der Waals surface area contributed by atoms with Crippen LogP contribution in [0.1, 0.15) is 19.8 Å². The summed E-state index contributed by atoms with van der Waals surface area (Å²) >= 11 is 2.09. The van der Waals surface area contributed by atoms with Gasteiger partial charge in [-0.3, -0.25) is 0 Å². The normalized spacial score (nSPS) is 26.0. The van der Waals surface area contributed by atoms with Crippen LogP contribution < -0.4 is 5.32 Å². The number of ether oxygens (including phenoxy) is 1. The molecule has 0 amide bonds. The van der Waals surface area contributed by atoms with Gasteiger partial charge in [-0.25, -0.2) is 0 Å². The average Bonchev–Trinajstić information content (AvgIpc) is 2.56. The zero-order valence-electron chi connectivity index (χ0n) is 8.01. The van der Waals surface area contributed by atoms with Gasteiger partial charge in [0.15, 0.2) is 0 Å². The summed E-state index contributed by atoms with van der Waals surface area (Å²) in [5, 5.41) is 4.26. The third-order valence-electron chi connectivity index (χ3n) is 2.23. The molecule has 3 heteroatoms. The molecule has 0 bridgehead atoms. The van der Waals surface area contributed by atoms with E-state index in [-0.39, 0.29) is 0 Å². The van der Waals surface area contributed by atoms with Crippen LogP contribution in [0.2, 0.25) is 0 Å². The van der Waals surface area contributed by atoms with Crippen LogP contribution in [0.3, 0.4) is 0 Å². The van der Waals surface area contributed by atoms with Gasteiger partial charge in [0.1, 0.15) is 0 Å². The van der Waals surface area contributed by atoms with E-state index in [9.17, 15) is 0 Å². The Morgan fingerprint density at radius 2 is 2.50 bits per heavy atom. The highest BCUT2D eigenvalue weighted by Gasteiger charge is 2.24. The standard InChI is InChI=1S/C9H19NOS/c1-3-10-8(7-11-2)9-5-4-6-12-9/h8-10H,3-7H2,1-2H3. The van der Waals surface area contributed by atoms with E-state index >= 15 is 0 Å². The summed E-state index contributed by atoms with van der Waals surface area (Å²) in [7, 11) is 1.78. The summed E-state index contributed by atoms with van der Waals surface area (Å²) < 4.78 is 5.19. The summed E-state index contributed by atoms with van der Waals surface area (Å²) in [4.78, 5) is 0. The van der Waals surface area contributed by atoms with Crippen LogP contribution in [-0.2, 0) is 4.74 Å². The molecule has 1 N–H and O–H groups in total. The molecule has 0 saturated carbocycles. The Balaban J connectivity index is 2.29. The number of thioether (sulfide) groups is 1. The fourth-order valence-corrected chi connectivity index (χ4v) is 3.04. The number of rotatable bonds is 5. The molecule has 0 aromatic heterocycles. The molecule has 0 aliphatic carbocycles. The number of hydrogen-bond donors (Lipinski definition) is 1. The van der Waals surface area contributed by atoms with E-state index in [1.807, 2.05) is 0 Å². The first kappa shape index (κ1) is 10.4. The highest BCUT2D eigenvalue weighted by Crippen LogP contribution is 2.28. The third kappa shape index (κ3) is 2.96. The lowest BCUT2D eigenvalue weighted by Gasteiger charge is -2.22. The molecule has 12 heavy (non-hydrogen) atoms. The van der Waals surface area contributed by atoms with Crippen molar-refractivity contribution in [1.82, 2.24) is 5.32 Å². The Morgan fingerprint density at radius 1 is 1.67 bits per heavy atom. The maximum absolute atomic E-state index is 5.19. The predicted octanol–water partition coefficient (Wildman–Crippen LogP) is 1.51. The molecule has 2 unspecified atom stereocenters. The number of methoxy groups -OCH3 is 1. The number of hydrogen-bond acceptors (Lipinski definition) is 3. The lowest BCUT2D eigenvalue weighted by atomic mass is 10.1. The van der Waals surface area contributed by atoms with Crippen molar-refractivity contribution in [3.8, 4) is 0 Å². The fraction of sp³-hybridized carbons (Fsp3) is 1.00. The van der Waals surface area contributed by atoms with Crippen LogP contribution >= 0.6 is 11.8 Å². The molecule has 72 valence electrons. The van der Waals surface area contributed by atoms with E-state index in [1.54, 1.807) is 7.11 Å². The van der Waals surface area contributed by atoms with Crippen LogP contribution in [0, 0.1) is 0 Å². The first-order valence-corrected chi connectivity index (χ1v) is 5.77.